The molecule has 0 aliphatic rings. The number of amides is 1. The first-order valence-corrected chi connectivity index (χ1v) is 11.3. The molecule has 8 heteroatoms. The minimum atomic E-state index is -0.458. The van der Waals surface area contributed by atoms with E-state index in [0.717, 1.165) is 6.42 Å². The third kappa shape index (κ3) is 7.53. The molecule has 2 aromatic carbocycles. The fourth-order valence-electron chi connectivity index (χ4n) is 4.10. The number of nitro groups is 1. The molecule has 8 nitrogen and oxygen atoms in total. The van der Waals surface area contributed by atoms with Gasteiger partial charge in [-0.15, -0.1) is 0 Å². The van der Waals surface area contributed by atoms with E-state index in [4.69, 9.17) is 9.15 Å². The van der Waals surface area contributed by atoms with Gasteiger partial charge in [-0.3, -0.25) is 14.9 Å². The van der Waals surface area contributed by atoms with Gasteiger partial charge >= 0.3 is 0 Å². The van der Waals surface area contributed by atoms with Gasteiger partial charge in [0, 0.05) is 17.7 Å². The molecule has 0 spiro atoms. The second kappa shape index (κ2) is 10.5. The Hall–Kier alpha value is -3.94. The van der Waals surface area contributed by atoms with Gasteiger partial charge in [0.15, 0.2) is 6.61 Å². The van der Waals surface area contributed by atoms with Crippen molar-refractivity contribution in [1.82, 2.24) is 5.43 Å². The highest BCUT2D eigenvalue weighted by atomic mass is 16.6. The van der Waals surface area contributed by atoms with E-state index in [1.807, 2.05) is 24.3 Å². The molecule has 1 N–H and O–H groups in total. The molecule has 0 fully saturated rings. The number of carbonyl (C=O) groups is 1. The molecule has 35 heavy (non-hydrogen) atoms. The van der Waals surface area contributed by atoms with Crippen LogP contribution in [0.5, 0.6) is 5.75 Å². The van der Waals surface area contributed by atoms with E-state index < -0.39 is 10.8 Å². The molecule has 0 aliphatic carbocycles. The lowest BCUT2D eigenvalue weighted by molar-refractivity contribution is -0.384. The molecule has 1 heterocycles. The number of nitrogens with one attached hydrogen (secondary N) is 1. The van der Waals surface area contributed by atoms with Crippen molar-refractivity contribution in [2.75, 3.05) is 6.61 Å². The summed E-state index contributed by atoms with van der Waals surface area (Å²) in [5.41, 5.74) is 4.58. The minimum Gasteiger partial charge on any atom is -0.484 e. The Morgan fingerprint density at radius 2 is 1.69 bits per heavy atom. The summed E-state index contributed by atoms with van der Waals surface area (Å²) in [7, 11) is 0. The molecule has 184 valence electrons. The Kier molecular flexibility index (Phi) is 7.74. The number of ether oxygens (including phenoxy) is 1. The number of rotatable bonds is 9. The van der Waals surface area contributed by atoms with Crippen LogP contribution in [0.2, 0.25) is 0 Å². The third-order valence-electron chi connectivity index (χ3n) is 5.35. The number of carbonyl (C=O) groups excluding carboxylic acids is 1. The molecule has 0 bridgehead atoms. The fourth-order valence-corrected chi connectivity index (χ4v) is 4.10. The number of benzene rings is 2. The van der Waals surface area contributed by atoms with Crippen LogP contribution >= 0.6 is 0 Å². The predicted molar refractivity (Wildman–Crippen MR) is 136 cm³/mol. The van der Waals surface area contributed by atoms with Gasteiger partial charge in [0.2, 0.25) is 0 Å². The fraction of sp³-hybridized carbons (Fsp3) is 0.333. The van der Waals surface area contributed by atoms with E-state index in [9.17, 15) is 14.9 Å². The lowest BCUT2D eigenvalue weighted by atomic mass is 9.72. The molecule has 1 aromatic heterocycles. The van der Waals surface area contributed by atoms with Crippen molar-refractivity contribution in [3.8, 4) is 17.1 Å². The quantitative estimate of drug-likeness (QED) is 0.228. The molecular weight excluding hydrogens is 446 g/mol. The number of hydrogen-bond acceptors (Lipinski definition) is 6. The molecular formula is C27H31N3O5. The molecule has 0 saturated heterocycles. The largest absolute Gasteiger partial charge is 0.484 e. The number of furan rings is 1. The van der Waals surface area contributed by atoms with Crippen LogP contribution in [0, 0.1) is 15.5 Å². The van der Waals surface area contributed by atoms with Crippen molar-refractivity contribution in [2.45, 2.75) is 46.5 Å². The van der Waals surface area contributed by atoms with Gasteiger partial charge in [0.25, 0.3) is 11.6 Å². The van der Waals surface area contributed by atoms with Gasteiger partial charge in [-0.25, -0.2) is 5.43 Å². The lowest BCUT2D eigenvalue weighted by Crippen LogP contribution is -2.25. The smallest absolute Gasteiger partial charge is 0.277 e. The van der Waals surface area contributed by atoms with Crippen LogP contribution in [0.3, 0.4) is 0 Å². The molecule has 0 unspecified atom stereocenters. The van der Waals surface area contributed by atoms with Crippen LogP contribution in [0.15, 0.2) is 70.2 Å². The maximum atomic E-state index is 12.1. The predicted octanol–water partition coefficient (Wildman–Crippen LogP) is 6.10. The van der Waals surface area contributed by atoms with Crippen LogP contribution in [-0.2, 0) is 10.2 Å². The molecule has 3 rings (SSSR count). The van der Waals surface area contributed by atoms with Crippen molar-refractivity contribution in [1.29, 1.82) is 0 Å². The lowest BCUT2D eigenvalue weighted by Gasteiger charge is -2.33. The zero-order valence-corrected chi connectivity index (χ0v) is 20.7. The van der Waals surface area contributed by atoms with Crippen molar-refractivity contribution in [3.05, 3.63) is 82.1 Å². The highest BCUT2D eigenvalue weighted by Crippen LogP contribution is 2.36. The van der Waals surface area contributed by atoms with Crippen LogP contribution in [0.25, 0.3) is 11.3 Å². The van der Waals surface area contributed by atoms with Crippen LogP contribution in [-0.4, -0.2) is 23.7 Å². The van der Waals surface area contributed by atoms with E-state index in [-0.39, 0.29) is 23.1 Å². The Morgan fingerprint density at radius 1 is 1.03 bits per heavy atom. The van der Waals surface area contributed by atoms with E-state index in [1.165, 1.54) is 23.9 Å². The van der Waals surface area contributed by atoms with Crippen LogP contribution < -0.4 is 10.2 Å². The van der Waals surface area contributed by atoms with Gasteiger partial charge in [-0.05, 0) is 59.2 Å². The highest BCUT2D eigenvalue weighted by molar-refractivity contribution is 5.81. The number of hydrogen-bond donors (Lipinski definition) is 1. The zero-order chi connectivity index (χ0) is 25.6. The van der Waals surface area contributed by atoms with E-state index in [0.29, 0.717) is 22.8 Å². The van der Waals surface area contributed by atoms with Crippen molar-refractivity contribution < 1.29 is 18.9 Å². The summed E-state index contributed by atoms with van der Waals surface area (Å²) in [5.74, 6) is 1.16. The SMILES string of the molecule is CC(C)(C)CC(C)(C)c1ccc(OCC(=O)NN=Cc2ccc(-c3ccc([N+](=O)[O-])cc3)o2)cc1. The van der Waals surface area contributed by atoms with Crippen LogP contribution in [0.1, 0.15) is 52.4 Å². The number of hydrazone groups is 1. The van der Waals surface area contributed by atoms with Crippen molar-refractivity contribution in [2.24, 2.45) is 10.5 Å². The average Bonchev–Trinajstić information content (AvgIpc) is 3.25. The van der Waals surface area contributed by atoms with Gasteiger partial charge in [0.1, 0.15) is 17.3 Å². The summed E-state index contributed by atoms with van der Waals surface area (Å²) < 4.78 is 11.2. The monoisotopic (exact) mass is 477 g/mol. The molecule has 3 aromatic rings. The summed E-state index contributed by atoms with van der Waals surface area (Å²) in [6, 6.07) is 17.3. The van der Waals surface area contributed by atoms with E-state index in [1.54, 1.807) is 24.3 Å². The second-order valence-corrected chi connectivity index (χ2v) is 10.2. The summed E-state index contributed by atoms with van der Waals surface area (Å²) in [6.45, 7) is 11.0. The normalized spacial score (nSPS) is 12.0. The number of nitrogens with zero attached hydrogens (tertiary/aromatic N) is 2. The molecule has 0 aliphatic heterocycles. The minimum absolute atomic E-state index is 0.00680. The van der Waals surface area contributed by atoms with Gasteiger partial charge in [0.05, 0.1) is 11.1 Å². The van der Waals surface area contributed by atoms with Crippen molar-refractivity contribution >= 4 is 17.8 Å². The van der Waals surface area contributed by atoms with E-state index in [2.05, 4.69) is 45.1 Å². The first kappa shape index (κ1) is 25.7. The maximum Gasteiger partial charge on any atom is 0.277 e. The first-order valence-electron chi connectivity index (χ1n) is 11.3. The number of nitro benzene ring substituents is 1. The first-order chi connectivity index (χ1) is 16.4. The standard InChI is InChI=1S/C27H31N3O5/c1-26(2,3)18-27(4,5)20-8-12-22(13-9-20)34-17-25(31)29-28-16-23-14-15-24(35-23)19-6-10-21(11-7-19)30(32)33/h6-16H,17-18H2,1-5H3,(H,29,31). The Bertz CT molecular complexity index is 1190. The summed E-state index contributed by atoms with van der Waals surface area (Å²) in [5, 5.41) is 14.7. The Balaban J connectivity index is 1.48. The number of non-ortho nitro benzene ring substituents is 1. The Labute approximate surface area is 205 Å². The Morgan fingerprint density at radius 3 is 2.29 bits per heavy atom. The maximum absolute atomic E-state index is 12.1. The average molecular weight is 478 g/mol. The summed E-state index contributed by atoms with van der Waals surface area (Å²) >= 11 is 0. The van der Waals surface area contributed by atoms with Crippen LogP contribution in [0.4, 0.5) is 5.69 Å². The van der Waals surface area contributed by atoms with Gasteiger partial charge in [-0.1, -0.05) is 46.8 Å². The summed E-state index contributed by atoms with van der Waals surface area (Å²) in [6.07, 6.45) is 2.42. The van der Waals surface area contributed by atoms with Crippen molar-refractivity contribution in [3.63, 3.8) is 0 Å². The third-order valence-corrected chi connectivity index (χ3v) is 5.35. The second-order valence-electron chi connectivity index (χ2n) is 10.2. The molecule has 0 radical (unpaired) electrons. The molecule has 1 amide bonds. The topological polar surface area (TPSA) is 107 Å². The highest BCUT2D eigenvalue weighted by Gasteiger charge is 2.27. The molecule has 0 atom stereocenters. The summed E-state index contributed by atoms with van der Waals surface area (Å²) in [4.78, 5) is 22.4. The van der Waals surface area contributed by atoms with Gasteiger partial charge < -0.3 is 9.15 Å². The zero-order valence-electron chi connectivity index (χ0n) is 20.7. The molecule has 0 saturated carbocycles. The van der Waals surface area contributed by atoms with Gasteiger partial charge in [-0.2, -0.15) is 5.10 Å². The van der Waals surface area contributed by atoms with E-state index >= 15 is 0 Å².